The fraction of sp³-hybridized carbons (Fsp3) is 0.375. The largest absolute Gasteiger partial charge is 0.377 e. The van der Waals surface area contributed by atoms with E-state index in [9.17, 15) is 4.79 Å². The number of carbonyl (C=O) groups is 1. The lowest BCUT2D eigenvalue weighted by Gasteiger charge is -2.14. The number of rotatable bonds is 4. The Bertz CT molecular complexity index is 640. The van der Waals surface area contributed by atoms with Crippen molar-refractivity contribution in [1.29, 1.82) is 0 Å². The van der Waals surface area contributed by atoms with Crippen LogP contribution in [0.4, 0.5) is 5.69 Å². The quantitative estimate of drug-likeness (QED) is 0.743. The number of hydrogen-bond donors (Lipinski definition) is 0. The van der Waals surface area contributed by atoms with Crippen molar-refractivity contribution in [3.63, 3.8) is 0 Å². The summed E-state index contributed by atoms with van der Waals surface area (Å²) in [5, 5.41) is 0.797. The SMILES string of the molecule is CCN=C1S/C(=C/c2ccc(N(C)C)c(Br)c2)C(=O)N1CC. The molecule has 1 aromatic rings. The number of nitrogens with zero attached hydrogens (tertiary/aromatic N) is 3. The molecule has 1 fully saturated rings. The molecule has 0 N–H and O–H groups in total. The van der Waals surface area contributed by atoms with Crippen molar-refractivity contribution in [2.75, 3.05) is 32.1 Å². The van der Waals surface area contributed by atoms with Gasteiger partial charge in [-0.2, -0.15) is 0 Å². The molecule has 0 bridgehead atoms. The number of anilines is 1. The molecule has 0 saturated carbocycles. The molecule has 1 aromatic carbocycles. The van der Waals surface area contributed by atoms with E-state index in [0.717, 1.165) is 25.8 Å². The number of likely N-dealkylation sites (N-methyl/N-ethyl adjacent to an activating group) is 1. The number of halogens is 1. The van der Waals surface area contributed by atoms with Gasteiger partial charge in [-0.3, -0.25) is 14.7 Å². The Balaban J connectivity index is 2.32. The van der Waals surface area contributed by atoms with Crippen LogP contribution in [0.5, 0.6) is 0 Å². The molecule has 22 heavy (non-hydrogen) atoms. The van der Waals surface area contributed by atoms with Crippen molar-refractivity contribution in [2.45, 2.75) is 13.8 Å². The first kappa shape index (κ1) is 17.1. The molecule has 1 saturated heterocycles. The lowest BCUT2D eigenvalue weighted by molar-refractivity contribution is -0.122. The van der Waals surface area contributed by atoms with Crippen LogP contribution < -0.4 is 4.90 Å². The molecule has 4 nitrogen and oxygen atoms in total. The monoisotopic (exact) mass is 381 g/mol. The summed E-state index contributed by atoms with van der Waals surface area (Å²) in [4.78, 5) is 21.3. The summed E-state index contributed by atoms with van der Waals surface area (Å²) in [5.74, 6) is 0.0347. The summed E-state index contributed by atoms with van der Waals surface area (Å²) in [6, 6.07) is 6.09. The average Bonchev–Trinajstić information content (AvgIpc) is 2.74. The van der Waals surface area contributed by atoms with Gasteiger partial charge in [-0.25, -0.2) is 0 Å². The first-order chi connectivity index (χ1) is 10.5. The van der Waals surface area contributed by atoms with Gasteiger partial charge in [-0.1, -0.05) is 6.07 Å². The van der Waals surface area contributed by atoms with Crippen LogP contribution in [0.2, 0.25) is 0 Å². The maximum atomic E-state index is 12.4. The van der Waals surface area contributed by atoms with Gasteiger partial charge in [0.2, 0.25) is 0 Å². The van der Waals surface area contributed by atoms with Gasteiger partial charge in [0.05, 0.1) is 10.6 Å². The molecule has 1 aliphatic rings. The first-order valence-electron chi connectivity index (χ1n) is 7.20. The van der Waals surface area contributed by atoms with Crippen LogP contribution in [0, 0.1) is 0 Å². The normalized spacial score (nSPS) is 18.6. The molecule has 1 aliphatic heterocycles. The van der Waals surface area contributed by atoms with Gasteiger partial charge < -0.3 is 4.90 Å². The predicted molar refractivity (Wildman–Crippen MR) is 99.4 cm³/mol. The van der Waals surface area contributed by atoms with E-state index in [4.69, 9.17) is 0 Å². The highest BCUT2D eigenvalue weighted by molar-refractivity contribution is 9.10. The predicted octanol–water partition coefficient (Wildman–Crippen LogP) is 3.83. The summed E-state index contributed by atoms with van der Waals surface area (Å²) in [6.07, 6.45) is 1.93. The maximum absolute atomic E-state index is 12.4. The van der Waals surface area contributed by atoms with E-state index < -0.39 is 0 Å². The number of amides is 1. The zero-order chi connectivity index (χ0) is 16.3. The topological polar surface area (TPSA) is 35.9 Å². The number of thioether (sulfide) groups is 1. The van der Waals surface area contributed by atoms with Crippen LogP contribution in [-0.2, 0) is 4.79 Å². The van der Waals surface area contributed by atoms with Gasteiger partial charge in [-0.15, -0.1) is 0 Å². The van der Waals surface area contributed by atoms with Crippen molar-refractivity contribution in [2.24, 2.45) is 4.99 Å². The van der Waals surface area contributed by atoms with Crippen molar-refractivity contribution in [3.8, 4) is 0 Å². The Morgan fingerprint density at radius 2 is 2.09 bits per heavy atom. The summed E-state index contributed by atoms with van der Waals surface area (Å²) in [5.41, 5.74) is 2.11. The minimum Gasteiger partial charge on any atom is -0.377 e. The summed E-state index contributed by atoms with van der Waals surface area (Å²) in [7, 11) is 4.00. The molecule has 0 aliphatic carbocycles. The van der Waals surface area contributed by atoms with Crippen molar-refractivity contribution in [3.05, 3.63) is 33.1 Å². The molecule has 0 radical (unpaired) electrons. The standard InChI is InChI=1S/C16H20BrN3OS/c1-5-18-16-20(6-2)15(21)14(22-16)10-11-7-8-13(19(3)4)12(17)9-11/h7-10H,5-6H2,1-4H3/b14-10+,18-16?. The molecule has 118 valence electrons. The number of benzene rings is 1. The Kier molecular flexibility index (Phi) is 5.69. The Morgan fingerprint density at radius 1 is 1.36 bits per heavy atom. The average molecular weight is 382 g/mol. The van der Waals surface area contributed by atoms with Crippen LogP contribution in [0.3, 0.4) is 0 Å². The number of hydrogen-bond acceptors (Lipinski definition) is 4. The second kappa shape index (κ2) is 7.33. The van der Waals surface area contributed by atoms with Gasteiger partial charge in [0.1, 0.15) is 0 Å². The van der Waals surface area contributed by atoms with E-state index in [-0.39, 0.29) is 5.91 Å². The van der Waals surface area contributed by atoms with Gasteiger partial charge in [0.25, 0.3) is 5.91 Å². The molecule has 2 rings (SSSR count). The minimum atomic E-state index is 0.0347. The molecular weight excluding hydrogens is 362 g/mol. The maximum Gasteiger partial charge on any atom is 0.266 e. The third kappa shape index (κ3) is 3.55. The number of amidine groups is 1. The number of aliphatic imine (C=N–C) groups is 1. The lowest BCUT2D eigenvalue weighted by atomic mass is 10.2. The molecule has 6 heteroatoms. The van der Waals surface area contributed by atoms with Crippen molar-refractivity contribution < 1.29 is 4.79 Å². The summed E-state index contributed by atoms with van der Waals surface area (Å²) < 4.78 is 1.01. The van der Waals surface area contributed by atoms with E-state index in [0.29, 0.717) is 13.1 Å². The van der Waals surface area contributed by atoms with E-state index in [1.165, 1.54) is 11.8 Å². The van der Waals surface area contributed by atoms with E-state index in [1.807, 2.05) is 57.1 Å². The molecular formula is C16H20BrN3OS. The van der Waals surface area contributed by atoms with Gasteiger partial charge in [0, 0.05) is 31.7 Å². The first-order valence-corrected chi connectivity index (χ1v) is 8.81. The fourth-order valence-electron chi connectivity index (χ4n) is 2.17. The van der Waals surface area contributed by atoms with Crippen LogP contribution in [0.1, 0.15) is 19.4 Å². The van der Waals surface area contributed by atoms with Crippen LogP contribution >= 0.6 is 27.7 Å². The zero-order valence-corrected chi connectivity index (χ0v) is 15.7. The third-order valence-corrected chi connectivity index (χ3v) is 4.93. The second-order valence-corrected chi connectivity index (χ2v) is 6.89. The highest BCUT2D eigenvalue weighted by Crippen LogP contribution is 2.33. The van der Waals surface area contributed by atoms with Crippen molar-refractivity contribution >= 4 is 50.5 Å². The second-order valence-electron chi connectivity index (χ2n) is 5.02. The van der Waals surface area contributed by atoms with Crippen LogP contribution in [0.15, 0.2) is 32.6 Å². The van der Waals surface area contributed by atoms with E-state index in [2.05, 4.69) is 20.9 Å². The van der Waals surface area contributed by atoms with E-state index in [1.54, 1.807) is 4.90 Å². The van der Waals surface area contributed by atoms with Gasteiger partial charge in [-0.05, 0) is 65.3 Å². The van der Waals surface area contributed by atoms with Crippen LogP contribution in [0.25, 0.3) is 6.08 Å². The van der Waals surface area contributed by atoms with Crippen LogP contribution in [-0.4, -0.2) is 43.2 Å². The molecule has 1 heterocycles. The fourth-order valence-corrected chi connectivity index (χ4v) is 4.02. The highest BCUT2D eigenvalue weighted by Gasteiger charge is 2.31. The van der Waals surface area contributed by atoms with Gasteiger partial charge >= 0.3 is 0 Å². The Labute approximate surface area is 144 Å². The summed E-state index contributed by atoms with van der Waals surface area (Å²) in [6.45, 7) is 5.27. The van der Waals surface area contributed by atoms with E-state index >= 15 is 0 Å². The van der Waals surface area contributed by atoms with Crippen molar-refractivity contribution in [1.82, 2.24) is 4.90 Å². The Morgan fingerprint density at radius 3 is 2.64 bits per heavy atom. The molecule has 0 aromatic heterocycles. The third-order valence-electron chi connectivity index (χ3n) is 3.25. The lowest BCUT2D eigenvalue weighted by Crippen LogP contribution is -2.28. The highest BCUT2D eigenvalue weighted by atomic mass is 79.9. The minimum absolute atomic E-state index is 0.0347. The Hall–Kier alpha value is -1.27. The molecule has 1 amide bonds. The number of carbonyl (C=O) groups excluding carboxylic acids is 1. The van der Waals surface area contributed by atoms with Gasteiger partial charge in [0.15, 0.2) is 5.17 Å². The smallest absolute Gasteiger partial charge is 0.266 e. The molecule has 0 atom stereocenters. The molecule has 0 unspecified atom stereocenters. The zero-order valence-electron chi connectivity index (χ0n) is 13.3. The summed E-state index contributed by atoms with van der Waals surface area (Å²) >= 11 is 5.03. The molecule has 0 spiro atoms.